The minimum absolute atomic E-state index is 0.0441. The average Bonchev–Trinajstić information content (AvgIpc) is 2.42. The maximum atomic E-state index is 11.2. The molecule has 0 amide bonds. The minimum Gasteiger partial charge on any atom is -0.332 e. The number of rotatable bonds is 3. The van der Waals surface area contributed by atoms with Gasteiger partial charge in [0.15, 0.2) is 5.11 Å². The summed E-state index contributed by atoms with van der Waals surface area (Å²) in [5.74, 6) is 0. The highest BCUT2D eigenvalue weighted by Gasteiger charge is 2.07. The van der Waals surface area contributed by atoms with E-state index in [2.05, 4.69) is 10.6 Å². The van der Waals surface area contributed by atoms with Crippen LogP contribution in [0, 0.1) is 6.92 Å². The fourth-order valence-corrected chi connectivity index (χ4v) is 2.66. The van der Waals surface area contributed by atoms with E-state index in [0.717, 1.165) is 11.3 Å². The van der Waals surface area contributed by atoms with E-state index in [1.165, 1.54) is 12.1 Å². The molecule has 0 spiro atoms. The SMILES string of the molecule is Cc1ccc(Cl)cc1NC(=S)Nc1ccc(S(N)(=O)=O)cc1. The molecule has 0 atom stereocenters. The maximum Gasteiger partial charge on any atom is 0.238 e. The lowest BCUT2D eigenvalue weighted by atomic mass is 10.2. The molecule has 0 aliphatic heterocycles. The lowest BCUT2D eigenvalue weighted by Gasteiger charge is -2.13. The number of sulfonamides is 1. The van der Waals surface area contributed by atoms with Crippen LogP contribution >= 0.6 is 23.8 Å². The lowest BCUT2D eigenvalue weighted by Crippen LogP contribution is -2.19. The molecule has 0 aliphatic rings. The van der Waals surface area contributed by atoms with Crippen LogP contribution in [0.2, 0.25) is 5.02 Å². The highest BCUT2D eigenvalue weighted by Crippen LogP contribution is 2.20. The van der Waals surface area contributed by atoms with Crippen molar-refractivity contribution in [3.05, 3.63) is 53.1 Å². The summed E-state index contributed by atoms with van der Waals surface area (Å²) in [7, 11) is -3.70. The van der Waals surface area contributed by atoms with Gasteiger partial charge in [0.1, 0.15) is 0 Å². The van der Waals surface area contributed by atoms with Gasteiger partial charge in [0.25, 0.3) is 0 Å². The molecule has 0 saturated carbocycles. The predicted octanol–water partition coefficient (Wildman–Crippen LogP) is 3.10. The lowest BCUT2D eigenvalue weighted by molar-refractivity contribution is 0.598. The summed E-state index contributed by atoms with van der Waals surface area (Å²) in [6.07, 6.45) is 0. The molecule has 116 valence electrons. The Kier molecular flexibility index (Phi) is 5.02. The molecule has 0 heterocycles. The van der Waals surface area contributed by atoms with Gasteiger partial charge in [0, 0.05) is 16.4 Å². The van der Waals surface area contributed by atoms with Gasteiger partial charge in [-0.25, -0.2) is 13.6 Å². The maximum absolute atomic E-state index is 11.2. The van der Waals surface area contributed by atoms with Gasteiger partial charge in [-0.2, -0.15) is 0 Å². The summed E-state index contributed by atoms with van der Waals surface area (Å²) in [4.78, 5) is 0.0441. The van der Waals surface area contributed by atoms with Crippen molar-refractivity contribution in [1.29, 1.82) is 0 Å². The molecule has 0 bridgehead atoms. The van der Waals surface area contributed by atoms with Gasteiger partial charge in [-0.05, 0) is 61.1 Å². The second kappa shape index (κ2) is 6.62. The summed E-state index contributed by atoms with van der Waals surface area (Å²) in [5.41, 5.74) is 2.44. The van der Waals surface area contributed by atoms with Crippen molar-refractivity contribution in [3.63, 3.8) is 0 Å². The first-order chi connectivity index (χ1) is 10.3. The van der Waals surface area contributed by atoms with Gasteiger partial charge in [-0.15, -0.1) is 0 Å². The van der Waals surface area contributed by atoms with Crippen LogP contribution in [0.1, 0.15) is 5.56 Å². The zero-order valence-corrected chi connectivity index (χ0v) is 14.0. The van der Waals surface area contributed by atoms with Crippen LogP contribution in [-0.2, 0) is 10.0 Å². The van der Waals surface area contributed by atoms with Crippen LogP contribution in [0.4, 0.5) is 11.4 Å². The number of hydrogen-bond donors (Lipinski definition) is 3. The molecule has 5 nitrogen and oxygen atoms in total. The predicted molar refractivity (Wildman–Crippen MR) is 93.8 cm³/mol. The monoisotopic (exact) mass is 355 g/mol. The van der Waals surface area contributed by atoms with E-state index >= 15 is 0 Å². The zero-order valence-electron chi connectivity index (χ0n) is 11.6. The van der Waals surface area contributed by atoms with Gasteiger partial charge < -0.3 is 10.6 Å². The van der Waals surface area contributed by atoms with Crippen LogP contribution in [0.25, 0.3) is 0 Å². The number of aryl methyl sites for hydroxylation is 1. The van der Waals surface area contributed by atoms with Crippen molar-refractivity contribution in [2.75, 3.05) is 10.6 Å². The average molecular weight is 356 g/mol. The summed E-state index contributed by atoms with van der Waals surface area (Å²) in [5, 5.41) is 12.0. The number of benzene rings is 2. The number of nitrogens with one attached hydrogen (secondary N) is 2. The Morgan fingerprint density at radius 3 is 2.36 bits per heavy atom. The number of primary sulfonamides is 1. The molecule has 0 fully saturated rings. The summed E-state index contributed by atoms with van der Waals surface area (Å²) >= 11 is 11.2. The standard InChI is InChI=1S/C14H14ClN3O2S2/c1-9-2-3-10(15)8-13(9)18-14(21)17-11-4-6-12(7-5-11)22(16,19)20/h2-8H,1H3,(H2,16,19,20)(H2,17,18,21). The van der Waals surface area contributed by atoms with E-state index in [4.69, 9.17) is 29.0 Å². The smallest absolute Gasteiger partial charge is 0.238 e. The molecule has 4 N–H and O–H groups in total. The molecule has 0 aromatic heterocycles. The van der Waals surface area contributed by atoms with Gasteiger partial charge in [0.05, 0.1) is 4.90 Å². The molecular formula is C14H14ClN3O2S2. The minimum atomic E-state index is -3.70. The fourth-order valence-electron chi connectivity index (χ4n) is 1.74. The van der Waals surface area contributed by atoms with Crippen LogP contribution in [0.5, 0.6) is 0 Å². The van der Waals surface area contributed by atoms with Crippen molar-refractivity contribution in [3.8, 4) is 0 Å². The van der Waals surface area contributed by atoms with Gasteiger partial charge in [0.2, 0.25) is 10.0 Å². The molecule has 2 aromatic rings. The number of thiocarbonyl (C=S) groups is 1. The molecule has 22 heavy (non-hydrogen) atoms. The topological polar surface area (TPSA) is 84.2 Å². The molecule has 0 radical (unpaired) electrons. The van der Waals surface area contributed by atoms with Crippen LogP contribution in [0.3, 0.4) is 0 Å². The number of anilines is 2. The number of hydrogen-bond acceptors (Lipinski definition) is 3. The molecule has 0 aliphatic carbocycles. The van der Waals surface area contributed by atoms with Gasteiger partial charge >= 0.3 is 0 Å². The van der Waals surface area contributed by atoms with Gasteiger partial charge in [-0.3, -0.25) is 0 Å². The third-order valence-electron chi connectivity index (χ3n) is 2.89. The van der Waals surface area contributed by atoms with E-state index in [1.54, 1.807) is 24.3 Å². The number of nitrogens with two attached hydrogens (primary N) is 1. The van der Waals surface area contributed by atoms with E-state index in [9.17, 15) is 8.42 Å². The van der Waals surface area contributed by atoms with E-state index < -0.39 is 10.0 Å². The molecule has 2 rings (SSSR count). The van der Waals surface area contributed by atoms with Crippen LogP contribution < -0.4 is 15.8 Å². The largest absolute Gasteiger partial charge is 0.332 e. The van der Waals surface area contributed by atoms with Crippen molar-refractivity contribution in [2.45, 2.75) is 11.8 Å². The first-order valence-electron chi connectivity index (χ1n) is 6.23. The Hall–Kier alpha value is -1.67. The molecule has 2 aromatic carbocycles. The first kappa shape index (κ1) is 16.7. The Morgan fingerprint density at radius 1 is 1.14 bits per heavy atom. The quantitative estimate of drug-likeness (QED) is 0.737. The normalized spacial score (nSPS) is 11.0. The summed E-state index contributed by atoms with van der Waals surface area (Å²) in [6, 6.07) is 11.4. The Morgan fingerprint density at radius 2 is 1.77 bits per heavy atom. The second-order valence-electron chi connectivity index (χ2n) is 4.61. The van der Waals surface area contributed by atoms with Crippen molar-refractivity contribution >= 4 is 50.3 Å². The fraction of sp³-hybridized carbons (Fsp3) is 0.0714. The first-order valence-corrected chi connectivity index (χ1v) is 8.56. The van der Waals surface area contributed by atoms with Crippen molar-refractivity contribution in [1.82, 2.24) is 0 Å². The van der Waals surface area contributed by atoms with Crippen molar-refractivity contribution < 1.29 is 8.42 Å². The van der Waals surface area contributed by atoms with Crippen LogP contribution in [0.15, 0.2) is 47.4 Å². The van der Waals surface area contributed by atoms with E-state index in [-0.39, 0.29) is 4.90 Å². The highest BCUT2D eigenvalue weighted by atomic mass is 35.5. The van der Waals surface area contributed by atoms with Crippen molar-refractivity contribution in [2.24, 2.45) is 5.14 Å². The molecule has 8 heteroatoms. The Bertz CT molecular complexity index is 805. The Balaban J connectivity index is 2.07. The second-order valence-corrected chi connectivity index (χ2v) is 7.01. The summed E-state index contributed by atoms with van der Waals surface area (Å²) < 4.78 is 22.4. The molecule has 0 unspecified atom stereocenters. The number of halogens is 1. The molecular weight excluding hydrogens is 342 g/mol. The molecule has 0 saturated heterocycles. The van der Waals surface area contributed by atoms with E-state index in [1.807, 2.05) is 13.0 Å². The Labute approximate surface area is 139 Å². The van der Waals surface area contributed by atoms with Gasteiger partial charge in [-0.1, -0.05) is 17.7 Å². The summed E-state index contributed by atoms with van der Waals surface area (Å²) in [6.45, 7) is 1.93. The van der Waals surface area contributed by atoms with E-state index in [0.29, 0.717) is 15.8 Å². The third-order valence-corrected chi connectivity index (χ3v) is 4.26. The van der Waals surface area contributed by atoms with Crippen LogP contribution in [-0.4, -0.2) is 13.5 Å². The third kappa shape index (κ3) is 4.41. The highest BCUT2D eigenvalue weighted by molar-refractivity contribution is 7.89. The zero-order chi connectivity index (χ0) is 16.3.